The Morgan fingerprint density at radius 3 is 2.10 bits per heavy atom. The van der Waals surface area contributed by atoms with Gasteiger partial charge in [0.1, 0.15) is 0 Å². The van der Waals surface area contributed by atoms with Crippen molar-refractivity contribution in [3.63, 3.8) is 0 Å². The van der Waals surface area contributed by atoms with Crippen molar-refractivity contribution >= 4 is 17.8 Å². The van der Waals surface area contributed by atoms with Crippen molar-refractivity contribution < 1.29 is 0 Å². The molecule has 0 aliphatic heterocycles. The van der Waals surface area contributed by atoms with Gasteiger partial charge in [0.05, 0.1) is 0 Å². The standard InChI is InChI=1S/C14H28N6/c1-7-10(4)11(5)16-13-17-12(15-6)18-14(19-13)20(8-2)9-3/h10-11H,7-9H2,1-6H3,(H2,15,16,17,18,19). The maximum Gasteiger partial charge on any atom is 0.231 e. The van der Waals surface area contributed by atoms with Crippen LogP contribution in [0.1, 0.15) is 41.0 Å². The molecule has 0 radical (unpaired) electrons. The van der Waals surface area contributed by atoms with Crippen molar-refractivity contribution in [2.24, 2.45) is 5.92 Å². The van der Waals surface area contributed by atoms with E-state index in [0.29, 0.717) is 29.8 Å². The van der Waals surface area contributed by atoms with E-state index < -0.39 is 0 Å². The van der Waals surface area contributed by atoms with Crippen LogP contribution in [-0.2, 0) is 0 Å². The molecular formula is C14H28N6. The predicted octanol–water partition coefficient (Wildman–Crippen LogP) is 2.61. The second-order valence-electron chi connectivity index (χ2n) is 5.02. The van der Waals surface area contributed by atoms with Crippen LogP contribution in [0.5, 0.6) is 0 Å². The first-order chi connectivity index (χ1) is 9.55. The summed E-state index contributed by atoms with van der Waals surface area (Å²) >= 11 is 0. The van der Waals surface area contributed by atoms with Gasteiger partial charge in [0.2, 0.25) is 17.8 Å². The van der Waals surface area contributed by atoms with E-state index >= 15 is 0 Å². The fourth-order valence-electron chi connectivity index (χ4n) is 1.89. The molecule has 1 aromatic heterocycles. The van der Waals surface area contributed by atoms with Gasteiger partial charge < -0.3 is 15.5 Å². The molecule has 0 aliphatic rings. The zero-order valence-corrected chi connectivity index (χ0v) is 13.6. The summed E-state index contributed by atoms with van der Waals surface area (Å²) in [7, 11) is 1.82. The molecule has 114 valence electrons. The molecule has 0 aliphatic carbocycles. The Labute approximate surface area is 122 Å². The second-order valence-corrected chi connectivity index (χ2v) is 5.02. The van der Waals surface area contributed by atoms with Gasteiger partial charge in [0.15, 0.2) is 0 Å². The number of nitrogens with one attached hydrogen (secondary N) is 2. The summed E-state index contributed by atoms with van der Waals surface area (Å²) in [6.45, 7) is 12.5. The predicted molar refractivity (Wildman–Crippen MR) is 85.5 cm³/mol. The van der Waals surface area contributed by atoms with E-state index in [1.54, 1.807) is 0 Å². The lowest BCUT2D eigenvalue weighted by molar-refractivity contribution is 0.492. The fourth-order valence-corrected chi connectivity index (χ4v) is 1.89. The number of rotatable bonds is 8. The van der Waals surface area contributed by atoms with E-state index in [9.17, 15) is 0 Å². The molecule has 1 rings (SSSR count). The van der Waals surface area contributed by atoms with Crippen LogP contribution >= 0.6 is 0 Å². The number of anilines is 3. The van der Waals surface area contributed by atoms with E-state index in [-0.39, 0.29) is 0 Å². The highest BCUT2D eigenvalue weighted by molar-refractivity contribution is 5.43. The van der Waals surface area contributed by atoms with Gasteiger partial charge in [-0.05, 0) is 26.7 Å². The van der Waals surface area contributed by atoms with Crippen LogP contribution in [0.15, 0.2) is 0 Å². The number of hydrogen-bond donors (Lipinski definition) is 2. The zero-order valence-electron chi connectivity index (χ0n) is 13.6. The maximum atomic E-state index is 4.53. The third-order valence-corrected chi connectivity index (χ3v) is 3.75. The van der Waals surface area contributed by atoms with E-state index in [0.717, 1.165) is 19.5 Å². The first kappa shape index (κ1) is 16.5. The highest BCUT2D eigenvalue weighted by Crippen LogP contribution is 2.16. The van der Waals surface area contributed by atoms with Gasteiger partial charge in [0.25, 0.3) is 0 Å². The van der Waals surface area contributed by atoms with Crippen LogP contribution < -0.4 is 15.5 Å². The highest BCUT2D eigenvalue weighted by atomic mass is 15.3. The molecule has 0 saturated heterocycles. The Morgan fingerprint density at radius 2 is 1.60 bits per heavy atom. The van der Waals surface area contributed by atoms with Crippen LogP contribution in [0.4, 0.5) is 17.8 Å². The minimum atomic E-state index is 0.330. The monoisotopic (exact) mass is 280 g/mol. The van der Waals surface area contributed by atoms with E-state index in [1.165, 1.54) is 0 Å². The average molecular weight is 280 g/mol. The highest BCUT2D eigenvalue weighted by Gasteiger charge is 2.14. The van der Waals surface area contributed by atoms with Gasteiger partial charge in [-0.15, -0.1) is 0 Å². The van der Waals surface area contributed by atoms with Gasteiger partial charge in [-0.1, -0.05) is 20.3 Å². The Bertz CT molecular complexity index is 405. The smallest absolute Gasteiger partial charge is 0.231 e. The molecule has 0 saturated carbocycles. The third kappa shape index (κ3) is 4.21. The lowest BCUT2D eigenvalue weighted by Gasteiger charge is -2.22. The third-order valence-electron chi connectivity index (χ3n) is 3.75. The largest absolute Gasteiger partial charge is 0.357 e. The van der Waals surface area contributed by atoms with Crippen molar-refractivity contribution in [1.82, 2.24) is 15.0 Å². The Kier molecular flexibility index (Phi) is 6.48. The van der Waals surface area contributed by atoms with Gasteiger partial charge >= 0.3 is 0 Å². The number of hydrogen-bond acceptors (Lipinski definition) is 6. The SMILES string of the molecule is CCC(C)C(C)Nc1nc(NC)nc(N(CC)CC)n1. The molecule has 6 nitrogen and oxygen atoms in total. The summed E-state index contributed by atoms with van der Waals surface area (Å²) in [5.74, 6) is 2.52. The lowest BCUT2D eigenvalue weighted by Crippen LogP contribution is -2.28. The van der Waals surface area contributed by atoms with Crippen LogP contribution in [0.3, 0.4) is 0 Å². The Morgan fingerprint density at radius 1 is 1.00 bits per heavy atom. The summed E-state index contributed by atoms with van der Waals surface area (Å²) in [6, 6.07) is 0.330. The second kappa shape index (κ2) is 7.87. The Balaban J connectivity index is 2.98. The molecule has 20 heavy (non-hydrogen) atoms. The fraction of sp³-hybridized carbons (Fsp3) is 0.786. The van der Waals surface area contributed by atoms with Crippen molar-refractivity contribution in [1.29, 1.82) is 0 Å². The molecule has 2 unspecified atom stereocenters. The van der Waals surface area contributed by atoms with E-state index in [1.807, 2.05) is 7.05 Å². The van der Waals surface area contributed by atoms with Crippen LogP contribution in [0.25, 0.3) is 0 Å². The van der Waals surface area contributed by atoms with Crippen LogP contribution in [0.2, 0.25) is 0 Å². The first-order valence-corrected chi connectivity index (χ1v) is 7.50. The molecule has 0 amide bonds. The maximum absolute atomic E-state index is 4.53. The average Bonchev–Trinajstić information content (AvgIpc) is 2.47. The molecule has 0 spiro atoms. The normalized spacial score (nSPS) is 13.7. The molecule has 1 heterocycles. The summed E-state index contributed by atoms with van der Waals surface area (Å²) in [4.78, 5) is 15.5. The van der Waals surface area contributed by atoms with Crippen molar-refractivity contribution in [2.45, 2.75) is 47.1 Å². The summed E-state index contributed by atoms with van der Waals surface area (Å²) < 4.78 is 0. The molecule has 0 fully saturated rings. The van der Waals surface area contributed by atoms with Crippen molar-refractivity contribution in [3.8, 4) is 0 Å². The van der Waals surface area contributed by atoms with Crippen LogP contribution in [0, 0.1) is 5.92 Å². The lowest BCUT2D eigenvalue weighted by atomic mass is 10.0. The van der Waals surface area contributed by atoms with E-state index in [4.69, 9.17) is 0 Å². The topological polar surface area (TPSA) is 66.0 Å². The van der Waals surface area contributed by atoms with Gasteiger partial charge in [-0.25, -0.2) is 0 Å². The minimum Gasteiger partial charge on any atom is -0.357 e. The molecular weight excluding hydrogens is 252 g/mol. The summed E-state index contributed by atoms with van der Waals surface area (Å²) in [6.07, 6.45) is 1.13. The summed E-state index contributed by atoms with van der Waals surface area (Å²) in [5.41, 5.74) is 0. The quantitative estimate of drug-likeness (QED) is 0.763. The zero-order chi connectivity index (χ0) is 15.1. The molecule has 6 heteroatoms. The molecule has 1 aromatic rings. The summed E-state index contributed by atoms with van der Waals surface area (Å²) in [5, 5.41) is 6.38. The molecule has 0 bridgehead atoms. The number of aromatic nitrogens is 3. The molecule has 2 atom stereocenters. The number of nitrogens with zero attached hydrogens (tertiary/aromatic N) is 4. The minimum absolute atomic E-state index is 0.330. The van der Waals surface area contributed by atoms with Gasteiger partial charge in [-0.3, -0.25) is 0 Å². The van der Waals surface area contributed by atoms with E-state index in [2.05, 4.69) is 65.1 Å². The van der Waals surface area contributed by atoms with Gasteiger partial charge in [-0.2, -0.15) is 15.0 Å². The van der Waals surface area contributed by atoms with Crippen molar-refractivity contribution in [2.75, 3.05) is 35.7 Å². The first-order valence-electron chi connectivity index (χ1n) is 7.50. The van der Waals surface area contributed by atoms with Crippen LogP contribution in [-0.4, -0.2) is 41.1 Å². The Hall–Kier alpha value is -1.59. The molecule has 2 N–H and O–H groups in total. The molecule has 0 aromatic carbocycles. The van der Waals surface area contributed by atoms with Gasteiger partial charge in [0, 0.05) is 26.2 Å². The van der Waals surface area contributed by atoms with Crippen molar-refractivity contribution in [3.05, 3.63) is 0 Å².